The summed E-state index contributed by atoms with van der Waals surface area (Å²) in [5, 5.41) is 10.4. The summed E-state index contributed by atoms with van der Waals surface area (Å²) in [5.74, 6) is 0.568. The normalized spacial score (nSPS) is 36.1. The van der Waals surface area contributed by atoms with E-state index in [0.717, 1.165) is 38.8 Å². The minimum atomic E-state index is -0.456. The van der Waals surface area contributed by atoms with Gasteiger partial charge >= 0.3 is 0 Å². The SMILES string of the molecule is CCC(=O)N1CCC2(O)CCCCC2C1. The number of piperidine rings is 1. The predicted molar refractivity (Wildman–Crippen MR) is 58.4 cm³/mol. The average molecular weight is 211 g/mol. The first-order chi connectivity index (χ1) is 7.15. The van der Waals surface area contributed by atoms with Crippen LogP contribution in [0, 0.1) is 5.92 Å². The lowest BCUT2D eigenvalue weighted by atomic mass is 9.71. The van der Waals surface area contributed by atoms with Gasteiger partial charge in [-0.2, -0.15) is 0 Å². The van der Waals surface area contributed by atoms with Crippen LogP contribution in [0.3, 0.4) is 0 Å². The molecule has 0 radical (unpaired) electrons. The van der Waals surface area contributed by atoms with Gasteiger partial charge < -0.3 is 10.0 Å². The zero-order valence-corrected chi connectivity index (χ0v) is 9.54. The van der Waals surface area contributed by atoms with Crippen LogP contribution in [0.4, 0.5) is 0 Å². The molecule has 0 aromatic carbocycles. The maximum absolute atomic E-state index is 11.6. The quantitative estimate of drug-likeness (QED) is 0.715. The van der Waals surface area contributed by atoms with Crippen molar-refractivity contribution in [3.8, 4) is 0 Å². The number of nitrogens with zero attached hydrogens (tertiary/aromatic N) is 1. The van der Waals surface area contributed by atoms with E-state index in [9.17, 15) is 9.90 Å². The lowest BCUT2D eigenvalue weighted by molar-refractivity contribution is -0.143. The number of amides is 1. The van der Waals surface area contributed by atoms with Gasteiger partial charge in [-0.3, -0.25) is 4.79 Å². The van der Waals surface area contributed by atoms with Crippen LogP contribution in [0.1, 0.15) is 45.4 Å². The van der Waals surface area contributed by atoms with Gasteiger partial charge in [0.05, 0.1) is 5.60 Å². The van der Waals surface area contributed by atoms with Crippen LogP contribution in [-0.4, -0.2) is 34.6 Å². The summed E-state index contributed by atoms with van der Waals surface area (Å²) >= 11 is 0. The summed E-state index contributed by atoms with van der Waals surface area (Å²) in [7, 11) is 0. The Hall–Kier alpha value is -0.570. The van der Waals surface area contributed by atoms with E-state index >= 15 is 0 Å². The molecule has 3 nitrogen and oxygen atoms in total. The molecular formula is C12H21NO2. The maximum atomic E-state index is 11.6. The first-order valence-corrected chi connectivity index (χ1v) is 6.16. The Morgan fingerprint density at radius 2 is 2.27 bits per heavy atom. The third kappa shape index (κ3) is 2.03. The number of aliphatic hydroxyl groups is 1. The standard InChI is InChI=1S/C12H21NO2/c1-2-11(14)13-8-7-12(15)6-4-3-5-10(12)9-13/h10,15H,2-9H2,1H3. The van der Waals surface area contributed by atoms with E-state index in [-0.39, 0.29) is 5.91 Å². The highest BCUT2D eigenvalue weighted by atomic mass is 16.3. The summed E-state index contributed by atoms with van der Waals surface area (Å²) in [5.41, 5.74) is -0.456. The van der Waals surface area contributed by atoms with E-state index in [1.165, 1.54) is 6.42 Å². The highest BCUT2D eigenvalue weighted by Gasteiger charge is 2.43. The van der Waals surface area contributed by atoms with Crippen molar-refractivity contribution < 1.29 is 9.90 Å². The molecule has 2 unspecified atom stereocenters. The highest BCUT2D eigenvalue weighted by molar-refractivity contribution is 5.75. The van der Waals surface area contributed by atoms with Crippen molar-refractivity contribution in [3.05, 3.63) is 0 Å². The van der Waals surface area contributed by atoms with E-state index in [4.69, 9.17) is 0 Å². The molecule has 1 saturated heterocycles. The minimum absolute atomic E-state index is 0.239. The molecule has 0 aromatic rings. The largest absolute Gasteiger partial charge is 0.389 e. The van der Waals surface area contributed by atoms with Gasteiger partial charge in [0.2, 0.25) is 5.91 Å². The number of fused-ring (bicyclic) bond motifs is 1. The first kappa shape index (κ1) is 10.9. The second-order valence-electron chi connectivity index (χ2n) is 4.99. The molecule has 2 rings (SSSR count). The minimum Gasteiger partial charge on any atom is -0.389 e. The molecule has 1 amide bonds. The monoisotopic (exact) mass is 211 g/mol. The van der Waals surface area contributed by atoms with Crippen molar-refractivity contribution in [2.75, 3.05) is 13.1 Å². The molecule has 2 fully saturated rings. The number of carbonyl (C=O) groups is 1. The Kier molecular flexibility index (Phi) is 3.01. The number of carbonyl (C=O) groups excluding carboxylic acids is 1. The van der Waals surface area contributed by atoms with Crippen LogP contribution in [0.15, 0.2) is 0 Å². The van der Waals surface area contributed by atoms with E-state index in [2.05, 4.69) is 0 Å². The van der Waals surface area contributed by atoms with Gasteiger partial charge in [-0.15, -0.1) is 0 Å². The lowest BCUT2D eigenvalue weighted by Crippen LogP contribution is -2.54. The van der Waals surface area contributed by atoms with Gasteiger partial charge in [0.25, 0.3) is 0 Å². The molecule has 1 N–H and O–H groups in total. The molecule has 1 aliphatic heterocycles. The van der Waals surface area contributed by atoms with Gasteiger partial charge in [0, 0.05) is 25.4 Å². The summed E-state index contributed by atoms with van der Waals surface area (Å²) in [4.78, 5) is 13.5. The van der Waals surface area contributed by atoms with Gasteiger partial charge in [0.1, 0.15) is 0 Å². The highest BCUT2D eigenvalue weighted by Crippen LogP contribution is 2.39. The van der Waals surface area contributed by atoms with Crippen molar-refractivity contribution in [2.24, 2.45) is 5.92 Å². The molecule has 1 aliphatic carbocycles. The Balaban J connectivity index is 2.02. The number of hydrogen-bond donors (Lipinski definition) is 1. The fourth-order valence-corrected chi connectivity index (χ4v) is 3.02. The van der Waals surface area contributed by atoms with Crippen molar-refractivity contribution in [1.29, 1.82) is 0 Å². The van der Waals surface area contributed by atoms with Crippen LogP contribution in [-0.2, 0) is 4.79 Å². The summed E-state index contributed by atoms with van der Waals surface area (Å²) in [6.07, 6.45) is 5.75. The summed E-state index contributed by atoms with van der Waals surface area (Å²) in [6, 6.07) is 0. The van der Waals surface area contributed by atoms with Crippen molar-refractivity contribution >= 4 is 5.91 Å². The second kappa shape index (κ2) is 4.12. The molecular weight excluding hydrogens is 190 g/mol. The topological polar surface area (TPSA) is 40.5 Å². The summed E-state index contributed by atoms with van der Waals surface area (Å²) < 4.78 is 0. The van der Waals surface area contributed by atoms with Gasteiger partial charge in [0.15, 0.2) is 0 Å². The molecule has 86 valence electrons. The molecule has 0 aromatic heterocycles. The molecule has 1 saturated carbocycles. The number of rotatable bonds is 1. The molecule has 3 heteroatoms. The Morgan fingerprint density at radius 3 is 3.00 bits per heavy atom. The zero-order chi connectivity index (χ0) is 10.9. The second-order valence-corrected chi connectivity index (χ2v) is 4.99. The smallest absolute Gasteiger partial charge is 0.222 e. The maximum Gasteiger partial charge on any atom is 0.222 e. The average Bonchev–Trinajstić information content (AvgIpc) is 2.26. The molecule has 2 aliphatic rings. The van der Waals surface area contributed by atoms with E-state index in [1.54, 1.807) is 0 Å². The zero-order valence-electron chi connectivity index (χ0n) is 9.54. The van der Waals surface area contributed by atoms with Crippen LogP contribution in [0.25, 0.3) is 0 Å². The van der Waals surface area contributed by atoms with Crippen LogP contribution < -0.4 is 0 Å². The lowest BCUT2D eigenvalue weighted by Gasteiger charge is -2.47. The first-order valence-electron chi connectivity index (χ1n) is 6.16. The van der Waals surface area contributed by atoms with E-state index in [0.29, 0.717) is 12.3 Å². The predicted octanol–water partition coefficient (Wildman–Crippen LogP) is 1.55. The van der Waals surface area contributed by atoms with Gasteiger partial charge in [-0.25, -0.2) is 0 Å². The molecule has 2 atom stereocenters. The van der Waals surface area contributed by atoms with E-state index in [1.807, 2.05) is 11.8 Å². The van der Waals surface area contributed by atoms with Crippen molar-refractivity contribution in [3.63, 3.8) is 0 Å². The van der Waals surface area contributed by atoms with Gasteiger partial charge in [-0.05, 0) is 19.3 Å². The molecule has 0 bridgehead atoms. The Morgan fingerprint density at radius 1 is 1.47 bits per heavy atom. The Labute approximate surface area is 91.5 Å². The third-order valence-electron chi connectivity index (χ3n) is 4.08. The molecule has 0 spiro atoms. The fraction of sp³-hybridized carbons (Fsp3) is 0.917. The van der Waals surface area contributed by atoms with Crippen LogP contribution >= 0.6 is 0 Å². The fourth-order valence-electron chi connectivity index (χ4n) is 3.02. The van der Waals surface area contributed by atoms with E-state index < -0.39 is 5.60 Å². The van der Waals surface area contributed by atoms with Crippen LogP contribution in [0.2, 0.25) is 0 Å². The molecule has 15 heavy (non-hydrogen) atoms. The summed E-state index contributed by atoms with van der Waals surface area (Å²) in [6.45, 7) is 3.44. The Bertz CT molecular complexity index is 254. The van der Waals surface area contributed by atoms with Crippen molar-refractivity contribution in [2.45, 2.75) is 51.0 Å². The number of likely N-dealkylation sites (tertiary alicyclic amines) is 1. The van der Waals surface area contributed by atoms with Gasteiger partial charge in [-0.1, -0.05) is 19.8 Å². The van der Waals surface area contributed by atoms with Crippen LogP contribution in [0.5, 0.6) is 0 Å². The molecule has 1 heterocycles. The third-order valence-corrected chi connectivity index (χ3v) is 4.08. The van der Waals surface area contributed by atoms with Crippen molar-refractivity contribution in [1.82, 2.24) is 4.90 Å². The number of hydrogen-bond acceptors (Lipinski definition) is 2.